The first kappa shape index (κ1) is 11.0. The van der Waals surface area contributed by atoms with Gasteiger partial charge in [0.05, 0.1) is 6.04 Å². The molecule has 19 heavy (non-hydrogen) atoms. The minimum absolute atomic E-state index is 0.523. The van der Waals surface area contributed by atoms with Crippen LogP contribution in [0.5, 0.6) is 0 Å². The van der Waals surface area contributed by atoms with Crippen molar-refractivity contribution >= 4 is 5.95 Å². The Labute approximate surface area is 112 Å². The summed E-state index contributed by atoms with van der Waals surface area (Å²) >= 11 is 0. The SMILES string of the molecule is c1ccc(-c2nc3n(n2)C2CCCCC2CN3)nc1. The maximum atomic E-state index is 4.69. The van der Waals surface area contributed by atoms with Gasteiger partial charge in [-0.2, -0.15) is 4.98 Å². The molecule has 5 nitrogen and oxygen atoms in total. The van der Waals surface area contributed by atoms with E-state index in [0.29, 0.717) is 12.0 Å². The second-order valence-corrected chi connectivity index (χ2v) is 5.41. The normalized spacial score (nSPS) is 25.3. The van der Waals surface area contributed by atoms with Crippen molar-refractivity contribution in [3.8, 4) is 11.5 Å². The molecule has 2 atom stereocenters. The number of hydrogen-bond donors (Lipinski definition) is 1. The van der Waals surface area contributed by atoms with Crippen LogP contribution in [-0.2, 0) is 0 Å². The van der Waals surface area contributed by atoms with Crippen LogP contribution in [0.4, 0.5) is 5.95 Å². The average Bonchev–Trinajstić information content (AvgIpc) is 2.93. The van der Waals surface area contributed by atoms with Crippen molar-refractivity contribution in [2.45, 2.75) is 31.7 Å². The van der Waals surface area contributed by atoms with E-state index in [4.69, 9.17) is 0 Å². The van der Waals surface area contributed by atoms with Gasteiger partial charge in [0.2, 0.25) is 11.8 Å². The molecule has 0 aromatic carbocycles. The third-order valence-electron chi connectivity index (χ3n) is 4.23. The van der Waals surface area contributed by atoms with Gasteiger partial charge in [-0.25, -0.2) is 4.68 Å². The first-order valence-corrected chi connectivity index (χ1v) is 7.03. The predicted molar refractivity (Wildman–Crippen MR) is 72.7 cm³/mol. The number of hydrogen-bond acceptors (Lipinski definition) is 4. The molecule has 1 N–H and O–H groups in total. The molecule has 2 aliphatic rings. The molecule has 4 rings (SSSR count). The highest BCUT2D eigenvalue weighted by molar-refractivity contribution is 5.51. The number of rotatable bonds is 1. The molecule has 2 aromatic heterocycles. The van der Waals surface area contributed by atoms with Crippen LogP contribution in [0.25, 0.3) is 11.5 Å². The fraction of sp³-hybridized carbons (Fsp3) is 0.500. The molecule has 1 aliphatic heterocycles. The Morgan fingerprint density at radius 3 is 3.05 bits per heavy atom. The molecule has 0 bridgehead atoms. The van der Waals surface area contributed by atoms with Crippen molar-refractivity contribution in [2.24, 2.45) is 5.92 Å². The Morgan fingerprint density at radius 2 is 2.16 bits per heavy atom. The quantitative estimate of drug-likeness (QED) is 0.850. The van der Waals surface area contributed by atoms with Crippen molar-refractivity contribution < 1.29 is 0 Å². The highest BCUT2D eigenvalue weighted by Crippen LogP contribution is 2.38. The van der Waals surface area contributed by atoms with Crippen LogP contribution in [0.2, 0.25) is 0 Å². The van der Waals surface area contributed by atoms with E-state index in [0.717, 1.165) is 24.0 Å². The van der Waals surface area contributed by atoms with Gasteiger partial charge in [0, 0.05) is 12.7 Å². The summed E-state index contributed by atoms with van der Waals surface area (Å²) < 4.78 is 2.09. The monoisotopic (exact) mass is 255 g/mol. The lowest BCUT2D eigenvalue weighted by Crippen LogP contribution is -2.35. The molecule has 98 valence electrons. The van der Waals surface area contributed by atoms with E-state index in [-0.39, 0.29) is 0 Å². The molecule has 1 saturated carbocycles. The molecular formula is C14H17N5. The van der Waals surface area contributed by atoms with E-state index in [1.165, 1.54) is 25.7 Å². The predicted octanol–water partition coefficient (Wildman–Crippen LogP) is 2.50. The summed E-state index contributed by atoms with van der Waals surface area (Å²) in [6.07, 6.45) is 6.96. The van der Waals surface area contributed by atoms with Gasteiger partial charge in [0.15, 0.2) is 0 Å². The zero-order valence-corrected chi connectivity index (χ0v) is 10.8. The van der Waals surface area contributed by atoms with Gasteiger partial charge in [-0.1, -0.05) is 18.9 Å². The number of nitrogens with one attached hydrogen (secondary N) is 1. The van der Waals surface area contributed by atoms with Crippen molar-refractivity contribution in [3.05, 3.63) is 24.4 Å². The zero-order chi connectivity index (χ0) is 12.7. The summed E-state index contributed by atoms with van der Waals surface area (Å²) in [6.45, 7) is 1.03. The fourth-order valence-corrected chi connectivity index (χ4v) is 3.25. The minimum atomic E-state index is 0.523. The van der Waals surface area contributed by atoms with Gasteiger partial charge in [0.1, 0.15) is 5.69 Å². The summed E-state index contributed by atoms with van der Waals surface area (Å²) in [5.74, 6) is 2.35. The molecule has 0 spiro atoms. The van der Waals surface area contributed by atoms with E-state index in [2.05, 4.69) is 25.1 Å². The zero-order valence-electron chi connectivity index (χ0n) is 10.8. The Balaban J connectivity index is 1.73. The van der Waals surface area contributed by atoms with E-state index in [1.54, 1.807) is 6.20 Å². The van der Waals surface area contributed by atoms with Crippen LogP contribution in [0.15, 0.2) is 24.4 Å². The van der Waals surface area contributed by atoms with Crippen molar-refractivity contribution in [2.75, 3.05) is 11.9 Å². The van der Waals surface area contributed by atoms with E-state index in [1.807, 2.05) is 18.2 Å². The van der Waals surface area contributed by atoms with Gasteiger partial charge in [-0.05, 0) is 30.9 Å². The number of pyridine rings is 1. The highest BCUT2D eigenvalue weighted by atomic mass is 15.4. The fourth-order valence-electron chi connectivity index (χ4n) is 3.25. The second-order valence-electron chi connectivity index (χ2n) is 5.41. The molecular weight excluding hydrogens is 238 g/mol. The Morgan fingerprint density at radius 1 is 1.21 bits per heavy atom. The third-order valence-corrected chi connectivity index (χ3v) is 4.23. The van der Waals surface area contributed by atoms with Gasteiger partial charge in [-0.3, -0.25) is 4.98 Å². The lowest BCUT2D eigenvalue weighted by Gasteiger charge is -2.36. The Hall–Kier alpha value is -1.91. The Kier molecular flexibility index (Phi) is 2.50. The summed E-state index contributed by atoms with van der Waals surface area (Å²) in [5, 5.41) is 8.10. The first-order valence-electron chi connectivity index (χ1n) is 7.03. The first-order chi connectivity index (χ1) is 9.42. The number of fused-ring (bicyclic) bond motifs is 3. The summed E-state index contributed by atoms with van der Waals surface area (Å²) in [6, 6.07) is 6.36. The summed E-state index contributed by atoms with van der Waals surface area (Å²) in [4.78, 5) is 8.92. The molecule has 1 fully saturated rings. The van der Waals surface area contributed by atoms with E-state index >= 15 is 0 Å². The minimum Gasteiger partial charge on any atom is -0.354 e. The Bertz CT molecular complexity index is 577. The van der Waals surface area contributed by atoms with Crippen LogP contribution in [-0.4, -0.2) is 26.3 Å². The average molecular weight is 255 g/mol. The smallest absolute Gasteiger partial charge is 0.222 e. The van der Waals surface area contributed by atoms with Crippen molar-refractivity contribution in [1.82, 2.24) is 19.7 Å². The number of aromatic nitrogens is 4. The lowest BCUT2D eigenvalue weighted by atomic mass is 9.84. The summed E-state index contributed by atoms with van der Waals surface area (Å²) in [7, 11) is 0. The standard InChI is InChI=1S/C14H17N5/c1-2-7-12-10(5-1)9-16-14-17-13(18-19(12)14)11-6-3-4-8-15-11/h3-4,6,8,10,12H,1-2,5,7,9H2,(H,16,17,18). The van der Waals surface area contributed by atoms with Crippen LogP contribution in [0, 0.1) is 5.92 Å². The molecule has 0 radical (unpaired) electrons. The molecule has 2 unspecified atom stereocenters. The van der Waals surface area contributed by atoms with Crippen LogP contribution in [0.3, 0.4) is 0 Å². The van der Waals surface area contributed by atoms with Crippen molar-refractivity contribution in [1.29, 1.82) is 0 Å². The number of nitrogens with zero attached hydrogens (tertiary/aromatic N) is 4. The van der Waals surface area contributed by atoms with E-state index in [9.17, 15) is 0 Å². The van der Waals surface area contributed by atoms with Crippen LogP contribution < -0.4 is 5.32 Å². The summed E-state index contributed by atoms with van der Waals surface area (Å²) in [5.41, 5.74) is 0.846. The largest absolute Gasteiger partial charge is 0.354 e. The maximum Gasteiger partial charge on any atom is 0.222 e. The molecule has 1 aliphatic carbocycles. The van der Waals surface area contributed by atoms with Gasteiger partial charge in [0.25, 0.3) is 0 Å². The highest BCUT2D eigenvalue weighted by Gasteiger charge is 2.33. The molecule has 0 saturated heterocycles. The lowest BCUT2D eigenvalue weighted by molar-refractivity contribution is 0.222. The molecule has 2 aromatic rings. The molecule has 5 heteroatoms. The van der Waals surface area contributed by atoms with Gasteiger partial charge in [-0.15, -0.1) is 5.10 Å². The topological polar surface area (TPSA) is 55.6 Å². The van der Waals surface area contributed by atoms with Crippen LogP contribution in [0.1, 0.15) is 31.7 Å². The van der Waals surface area contributed by atoms with Crippen molar-refractivity contribution in [3.63, 3.8) is 0 Å². The maximum absolute atomic E-state index is 4.69. The van der Waals surface area contributed by atoms with Gasteiger partial charge < -0.3 is 5.32 Å². The molecule has 3 heterocycles. The van der Waals surface area contributed by atoms with E-state index < -0.39 is 0 Å². The van der Waals surface area contributed by atoms with Gasteiger partial charge >= 0.3 is 0 Å². The molecule has 0 amide bonds. The number of anilines is 1. The second kappa shape index (κ2) is 4.33. The van der Waals surface area contributed by atoms with Crippen LogP contribution >= 0.6 is 0 Å². The third kappa shape index (κ3) is 1.80.